The van der Waals surface area contributed by atoms with E-state index in [0.29, 0.717) is 16.5 Å². The Morgan fingerprint density at radius 1 is 1.54 bits per heavy atom. The van der Waals surface area contributed by atoms with Gasteiger partial charge in [0.05, 0.1) is 6.04 Å². The van der Waals surface area contributed by atoms with E-state index in [1.54, 1.807) is 0 Å². The lowest BCUT2D eigenvalue weighted by Gasteiger charge is -2.31. The lowest BCUT2D eigenvalue weighted by molar-refractivity contribution is 0.587. The van der Waals surface area contributed by atoms with Crippen LogP contribution in [0.2, 0.25) is 0 Å². The van der Waals surface area contributed by atoms with Crippen molar-refractivity contribution in [1.29, 1.82) is 0 Å². The molecule has 0 fully saturated rings. The molecule has 0 saturated carbocycles. The molecule has 1 aliphatic rings. The zero-order valence-corrected chi connectivity index (χ0v) is 10.6. The van der Waals surface area contributed by atoms with Crippen molar-refractivity contribution >= 4 is 34.2 Å². The molecule has 0 amide bonds. The minimum atomic E-state index is 0.444. The first-order valence-corrected chi connectivity index (χ1v) is 7.58. The van der Waals surface area contributed by atoms with E-state index in [1.807, 2.05) is 27.8 Å². The molecule has 0 bridgehead atoms. The van der Waals surface area contributed by atoms with Gasteiger partial charge in [-0.15, -0.1) is 0 Å². The fourth-order valence-corrected chi connectivity index (χ4v) is 4.43. The van der Waals surface area contributed by atoms with Gasteiger partial charge in [0, 0.05) is 16.3 Å². The maximum absolute atomic E-state index is 4.66. The molecule has 0 saturated heterocycles. The van der Waals surface area contributed by atoms with Crippen LogP contribution in [0.4, 0.5) is 0 Å². The molecule has 3 unspecified atom stereocenters. The summed E-state index contributed by atoms with van der Waals surface area (Å²) in [5.41, 5.74) is 0. The molecule has 13 heavy (non-hydrogen) atoms. The predicted octanol–water partition coefficient (Wildman–Crippen LogP) is 2.95. The molecule has 0 spiro atoms. The summed E-state index contributed by atoms with van der Waals surface area (Å²) in [4.78, 5) is 0. The molecule has 1 rings (SSSR count). The first-order chi connectivity index (χ1) is 6.29. The van der Waals surface area contributed by atoms with E-state index in [4.69, 9.17) is 0 Å². The van der Waals surface area contributed by atoms with Crippen molar-refractivity contribution in [2.24, 2.45) is 0 Å². The molecule has 1 heterocycles. The molecule has 0 radical (unpaired) electrons. The van der Waals surface area contributed by atoms with Gasteiger partial charge in [0.15, 0.2) is 0 Å². The van der Waals surface area contributed by atoms with Crippen LogP contribution in [-0.4, -0.2) is 22.3 Å². The lowest BCUT2D eigenvalue weighted by Crippen LogP contribution is -2.43. The second kappa shape index (κ2) is 6.14. The molecule has 0 aliphatic carbocycles. The highest BCUT2D eigenvalue weighted by Crippen LogP contribution is 2.34. The third kappa shape index (κ3) is 3.33. The van der Waals surface area contributed by atoms with Gasteiger partial charge in [0.2, 0.25) is 0 Å². The third-order valence-corrected chi connectivity index (χ3v) is 6.04. The maximum Gasteiger partial charge on any atom is 0.0583 e. The van der Waals surface area contributed by atoms with Crippen LogP contribution in [0.1, 0.15) is 20.3 Å². The Bertz CT molecular complexity index is 172. The van der Waals surface area contributed by atoms with Crippen molar-refractivity contribution in [3.63, 3.8) is 0 Å². The van der Waals surface area contributed by atoms with Crippen molar-refractivity contribution in [3.8, 4) is 0 Å². The normalized spacial score (nSPS) is 24.7. The Balaban J connectivity index is 2.30. The Kier molecular flexibility index (Phi) is 5.51. The molecule has 0 aromatic rings. The van der Waals surface area contributed by atoms with Crippen molar-refractivity contribution in [2.75, 3.05) is 5.75 Å². The zero-order valence-electron chi connectivity index (χ0n) is 8.06. The summed E-state index contributed by atoms with van der Waals surface area (Å²) >= 11 is 4.66. The largest absolute Gasteiger partial charge is 0.384 e. The standard InChI is InChI=1S/C9H17NS3/c1-3-8(13-12-4-2)9(11)7-5-6-10-7/h5-11H,3-4H2,1-2H3. The molecule has 76 valence electrons. The van der Waals surface area contributed by atoms with Crippen molar-refractivity contribution in [1.82, 2.24) is 5.32 Å². The Hall–Kier alpha value is 0.590. The molecule has 1 nitrogen and oxygen atoms in total. The summed E-state index contributed by atoms with van der Waals surface area (Å²) < 4.78 is 0. The van der Waals surface area contributed by atoms with Gasteiger partial charge in [0.1, 0.15) is 0 Å². The van der Waals surface area contributed by atoms with Gasteiger partial charge in [-0.25, -0.2) is 0 Å². The Labute approximate surface area is 94.3 Å². The van der Waals surface area contributed by atoms with Crippen LogP contribution in [0, 0.1) is 0 Å². The van der Waals surface area contributed by atoms with Gasteiger partial charge in [-0.3, -0.25) is 0 Å². The second-order valence-corrected chi connectivity index (χ2v) is 6.48. The lowest BCUT2D eigenvalue weighted by atomic mass is 10.1. The van der Waals surface area contributed by atoms with Gasteiger partial charge < -0.3 is 5.32 Å². The summed E-state index contributed by atoms with van der Waals surface area (Å²) in [6, 6.07) is 0.484. The monoisotopic (exact) mass is 235 g/mol. The molecule has 1 N–H and O–H groups in total. The van der Waals surface area contributed by atoms with E-state index in [1.165, 1.54) is 12.2 Å². The highest BCUT2D eigenvalue weighted by molar-refractivity contribution is 8.77. The van der Waals surface area contributed by atoms with Gasteiger partial charge in [0.25, 0.3) is 0 Å². The van der Waals surface area contributed by atoms with Gasteiger partial charge in [-0.05, 0) is 18.7 Å². The highest BCUT2D eigenvalue weighted by atomic mass is 33.1. The molecule has 0 aromatic heterocycles. The predicted molar refractivity (Wildman–Crippen MR) is 68.6 cm³/mol. The van der Waals surface area contributed by atoms with Crippen LogP contribution < -0.4 is 5.32 Å². The van der Waals surface area contributed by atoms with Crippen LogP contribution in [0.5, 0.6) is 0 Å². The summed E-state index contributed by atoms with van der Waals surface area (Å²) in [6.45, 7) is 4.43. The van der Waals surface area contributed by atoms with Crippen molar-refractivity contribution in [3.05, 3.63) is 12.3 Å². The highest BCUT2D eigenvalue weighted by Gasteiger charge is 2.26. The van der Waals surface area contributed by atoms with Gasteiger partial charge >= 0.3 is 0 Å². The Morgan fingerprint density at radius 2 is 2.23 bits per heavy atom. The fourth-order valence-electron chi connectivity index (χ4n) is 1.17. The van der Waals surface area contributed by atoms with E-state index in [9.17, 15) is 0 Å². The number of hydrogen-bond donors (Lipinski definition) is 2. The van der Waals surface area contributed by atoms with Crippen LogP contribution in [0.25, 0.3) is 0 Å². The van der Waals surface area contributed by atoms with E-state index in [-0.39, 0.29) is 0 Å². The molecule has 0 aromatic carbocycles. The second-order valence-electron chi connectivity index (χ2n) is 2.99. The molecular formula is C9H17NS3. The Morgan fingerprint density at radius 3 is 2.62 bits per heavy atom. The average Bonchev–Trinajstić information content (AvgIpc) is 2.02. The summed E-state index contributed by atoms with van der Waals surface area (Å²) in [5, 5.41) is 4.35. The first-order valence-electron chi connectivity index (χ1n) is 4.68. The van der Waals surface area contributed by atoms with E-state index < -0.39 is 0 Å². The third-order valence-electron chi connectivity index (χ3n) is 2.05. The zero-order chi connectivity index (χ0) is 9.68. The van der Waals surface area contributed by atoms with E-state index in [2.05, 4.69) is 37.9 Å². The molecule has 3 atom stereocenters. The first kappa shape index (κ1) is 11.7. The summed E-state index contributed by atoms with van der Waals surface area (Å²) in [5.74, 6) is 1.18. The minimum absolute atomic E-state index is 0.444. The molecule has 4 heteroatoms. The minimum Gasteiger partial charge on any atom is -0.384 e. The number of thiol groups is 1. The smallest absolute Gasteiger partial charge is 0.0583 e. The van der Waals surface area contributed by atoms with Crippen molar-refractivity contribution < 1.29 is 0 Å². The van der Waals surface area contributed by atoms with Crippen LogP contribution in [0.3, 0.4) is 0 Å². The number of nitrogens with one attached hydrogen (secondary N) is 1. The quantitative estimate of drug-likeness (QED) is 0.543. The summed E-state index contributed by atoms with van der Waals surface area (Å²) in [6.07, 6.45) is 5.38. The van der Waals surface area contributed by atoms with Crippen LogP contribution in [-0.2, 0) is 0 Å². The summed E-state index contributed by atoms with van der Waals surface area (Å²) in [7, 11) is 3.91. The average molecular weight is 235 g/mol. The van der Waals surface area contributed by atoms with Crippen LogP contribution >= 0.6 is 34.2 Å². The van der Waals surface area contributed by atoms with Crippen molar-refractivity contribution in [2.45, 2.75) is 36.8 Å². The molecular weight excluding hydrogens is 218 g/mol. The van der Waals surface area contributed by atoms with Crippen LogP contribution in [0.15, 0.2) is 12.3 Å². The number of rotatable bonds is 6. The molecule has 1 aliphatic heterocycles. The SMILES string of the molecule is CCSSC(CC)C(S)C1C=CN1. The maximum atomic E-state index is 4.66. The number of hydrogen-bond acceptors (Lipinski definition) is 4. The van der Waals surface area contributed by atoms with E-state index >= 15 is 0 Å². The fraction of sp³-hybridized carbons (Fsp3) is 0.778. The van der Waals surface area contributed by atoms with Gasteiger partial charge in [-0.1, -0.05) is 35.4 Å². The topological polar surface area (TPSA) is 12.0 Å². The van der Waals surface area contributed by atoms with Gasteiger partial charge in [-0.2, -0.15) is 12.6 Å². The van der Waals surface area contributed by atoms with E-state index in [0.717, 1.165) is 0 Å².